The first-order valence-corrected chi connectivity index (χ1v) is 12.5. The number of rotatable bonds is 4. The van der Waals surface area contributed by atoms with Gasteiger partial charge in [0.1, 0.15) is 5.82 Å². The minimum Gasteiger partial charge on any atom is -0.319 e. The number of piperazine rings is 1. The lowest BCUT2D eigenvalue weighted by Crippen LogP contribution is -2.55. The van der Waals surface area contributed by atoms with Crippen LogP contribution in [0, 0.1) is 0 Å². The number of nitrogens with zero attached hydrogens (tertiary/aromatic N) is 4. The maximum Gasteiger partial charge on any atom is 0.322 e. The lowest BCUT2D eigenvalue weighted by molar-refractivity contribution is 0.0796. The molecular weight excluding hydrogens is 458 g/mol. The molecule has 9 heteroatoms. The van der Waals surface area contributed by atoms with E-state index in [1.165, 1.54) is 0 Å². The van der Waals surface area contributed by atoms with Crippen LogP contribution in [-0.4, -0.2) is 57.3 Å². The molecule has 1 aliphatic rings. The lowest BCUT2D eigenvalue weighted by atomic mass is 10.1. The Morgan fingerprint density at radius 3 is 2.61 bits per heavy atom. The van der Waals surface area contributed by atoms with E-state index >= 15 is 0 Å². The minimum absolute atomic E-state index is 0.0126. The SMILES string of the molecule is CSc1ccc(NC(=O)N2CCN(C(C)c3nc4cc(Cl)ccc4c(=O)n3C)CC2C)cc1. The summed E-state index contributed by atoms with van der Waals surface area (Å²) in [5, 5.41) is 4.11. The van der Waals surface area contributed by atoms with Gasteiger partial charge in [-0.15, -0.1) is 11.8 Å². The normalized spacial score (nSPS) is 17.8. The van der Waals surface area contributed by atoms with Crippen molar-refractivity contribution in [2.75, 3.05) is 31.2 Å². The number of thioether (sulfide) groups is 1. The van der Waals surface area contributed by atoms with Crippen LogP contribution in [0.5, 0.6) is 0 Å². The summed E-state index contributed by atoms with van der Waals surface area (Å²) in [4.78, 5) is 35.8. The molecule has 33 heavy (non-hydrogen) atoms. The second-order valence-corrected chi connectivity index (χ2v) is 9.68. The van der Waals surface area contributed by atoms with E-state index in [0.29, 0.717) is 41.4 Å². The van der Waals surface area contributed by atoms with Crippen molar-refractivity contribution in [1.29, 1.82) is 0 Å². The molecule has 0 radical (unpaired) electrons. The van der Waals surface area contributed by atoms with Gasteiger partial charge in [0.2, 0.25) is 0 Å². The number of fused-ring (bicyclic) bond motifs is 1. The van der Waals surface area contributed by atoms with Gasteiger partial charge in [-0.3, -0.25) is 14.3 Å². The number of benzene rings is 2. The molecule has 1 aliphatic heterocycles. The van der Waals surface area contributed by atoms with Gasteiger partial charge in [0.15, 0.2) is 0 Å². The first-order chi connectivity index (χ1) is 15.8. The lowest BCUT2D eigenvalue weighted by Gasteiger charge is -2.42. The Bertz CT molecular complexity index is 1230. The summed E-state index contributed by atoms with van der Waals surface area (Å²) in [5.74, 6) is 0.689. The molecular formula is C24H28ClN5O2S. The first-order valence-electron chi connectivity index (χ1n) is 10.9. The second kappa shape index (κ2) is 9.75. The van der Waals surface area contributed by atoms with Crippen LogP contribution in [-0.2, 0) is 7.05 Å². The fraction of sp³-hybridized carbons (Fsp3) is 0.375. The number of urea groups is 1. The molecule has 1 N–H and O–H groups in total. The van der Waals surface area contributed by atoms with Crippen LogP contribution >= 0.6 is 23.4 Å². The van der Waals surface area contributed by atoms with E-state index in [1.807, 2.05) is 49.3 Å². The van der Waals surface area contributed by atoms with Crippen LogP contribution in [0.15, 0.2) is 52.2 Å². The van der Waals surface area contributed by atoms with Crippen LogP contribution in [0.2, 0.25) is 5.02 Å². The highest BCUT2D eigenvalue weighted by atomic mass is 35.5. The molecule has 1 fully saturated rings. The van der Waals surface area contributed by atoms with Crippen molar-refractivity contribution < 1.29 is 4.79 Å². The van der Waals surface area contributed by atoms with Crippen molar-refractivity contribution in [2.24, 2.45) is 7.05 Å². The van der Waals surface area contributed by atoms with Crippen molar-refractivity contribution in [2.45, 2.75) is 30.8 Å². The summed E-state index contributed by atoms with van der Waals surface area (Å²) in [5.41, 5.74) is 1.30. The molecule has 2 unspecified atom stereocenters. The molecule has 2 aromatic carbocycles. The molecule has 174 valence electrons. The van der Waals surface area contributed by atoms with E-state index in [0.717, 1.165) is 10.6 Å². The van der Waals surface area contributed by atoms with Gasteiger partial charge in [-0.2, -0.15) is 0 Å². The number of hydrogen-bond donors (Lipinski definition) is 1. The van der Waals surface area contributed by atoms with Crippen LogP contribution in [0.4, 0.5) is 10.5 Å². The van der Waals surface area contributed by atoms with Crippen LogP contribution in [0.1, 0.15) is 25.7 Å². The van der Waals surface area contributed by atoms with Gasteiger partial charge in [0.05, 0.1) is 16.9 Å². The number of hydrogen-bond acceptors (Lipinski definition) is 5. The number of carbonyl (C=O) groups excluding carboxylic acids is 1. The predicted molar refractivity (Wildman–Crippen MR) is 135 cm³/mol. The molecule has 0 saturated carbocycles. The maximum atomic E-state index is 12.9. The van der Waals surface area contributed by atoms with Crippen molar-refractivity contribution in [1.82, 2.24) is 19.4 Å². The van der Waals surface area contributed by atoms with E-state index in [9.17, 15) is 9.59 Å². The van der Waals surface area contributed by atoms with E-state index in [1.54, 1.807) is 41.6 Å². The van der Waals surface area contributed by atoms with Gasteiger partial charge in [0.25, 0.3) is 5.56 Å². The largest absolute Gasteiger partial charge is 0.322 e. The Balaban J connectivity index is 1.47. The number of halogens is 1. The first kappa shape index (κ1) is 23.6. The molecule has 0 bridgehead atoms. The van der Waals surface area contributed by atoms with Gasteiger partial charge in [-0.25, -0.2) is 9.78 Å². The topological polar surface area (TPSA) is 70.5 Å². The molecule has 1 saturated heterocycles. The number of anilines is 1. The van der Waals surface area contributed by atoms with E-state index in [-0.39, 0.29) is 23.7 Å². The van der Waals surface area contributed by atoms with E-state index in [2.05, 4.69) is 10.2 Å². The molecule has 4 rings (SSSR count). The van der Waals surface area contributed by atoms with Crippen molar-refractivity contribution in [3.05, 3.63) is 63.7 Å². The minimum atomic E-state index is -0.0995. The fourth-order valence-electron chi connectivity index (χ4n) is 4.31. The molecule has 7 nitrogen and oxygen atoms in total. The molecule has 1 aromatic heterocycles. The summed E-state index contributed by atoms with van der Waals surface area (Å²) < 4.78 is 1.61. The highest BCUT2D eigenvalue weighted by Crippen LogP contribution is 2.25. The summed E-state index contributed by atoms with van der Waals surface area (Å²) in [6.45, 7) is 6.06. The third-order valence-corrected chi connectivity index (χ3v) is 7.23. The Kier molecular flexibility index (Phi) is 6.97. The highest BCUT2D eigenvalue weighted by molar-refractivity contribution is 7.98. The van der Waals surface area contributed by atoms with Gasteiger partial charge < -0.3 is 10.2 Å². The monoisotopic (exact) mass is 485 g/mol. The third kappa shape index (κ3) is 4.88. The third-order valence-electron chi connectivity index (χ3n) is 6.26. The molecule has 0 spiro atoms. The predicted octanol–water partition coefficient (Wildman–Crippen LogP) is 4.61. The van der Waals surface area contributed by atoms with Crippen LogP contribution < -0.4 is 10.9 Å². The quantitative estimate of drug-likeness (QED) is 0.546. The molecule has 3 aromatic rings. The Morgan fingerprint density at radius 2 is 1.94 bits per heavy atom. The van der Waals surface area contributed by atoms with Gasteiger partial charge in [-0.1, -0.05) is 11.6 Å². The van der Waals surface area contributed by atoms with Crippen molar-refractivity contribution >= 4 is 46.0 Å². The zero-order valence-corrected chi connectivity index (χ0v) is 20.8. The molecule has 2 heterocycles. The average Bonchev–Trinajstić information content (AvgIpc) is 2.81. The number of amides is 2. The Labute approximate surface area is 202 Å². The van der Waals surface area contributed by atoms with Gasteiger partial charge in [0, 0.05) is 48.3 Å². The average molecular weight is 486 g/mol. The number of aromatic nitrogens is 2. The summed E-state index contributed by atoms with van der Waals surface area (Å²) >= 11 is 7.79. The van der Waals surface area contributed by atoms with Gasteiger partial charge in [-0.05, 0) is 62.6 Å². The Morgan fingerprint density at radius 1 is 1.21 bits per heavy atom. The zero-order chi connectivity index (χ0) is 23.7. The number of carbonyl (C=O) groups is 1. The summed E-state index contributed by atoms with van der Waals surface area (Å²) in [6.07, 6.45) is 2.02. The summed E-state index contributed by atoms with van der Waals surface area (Å²) in [6, 6.07) is 12.8. The maximum absolute atomic E-state index is 12.9. The van der Waals surface area contributed by atoms with E-state index in [4.69, 9.17) is 16.6 Å². The smallest absolute Gasteiger partial charge is 0.319 e. The van der Waals surface area contributed by atoms with E-state index < -0.39 is 0 Å². The number of nitrogens with one attached hydrogen (secondary N) is 1. The second-order valence-electron chi connectivity index (χ2n) is 8.37. The summed E-state index contributed by atoms with van der Waals surface area (Å²) in [7, 11) is 1.75. The highest BCUT2D eigenvalue weighted by Gasteiger charge is 2.31. The van der Waals surface area contributed by atoms with Crippen molar-refractivity contribution in [3.8, 4) is 0 Å². The van der Waals surface area contributed by atoms with Crippen molar-refractivity contribution in [3.63, 3.8) is 0 Å². The standard InChI is InChI=1S/C24H28ClN5O2S/c1-15-14-29(11-12-30(15)24(32)26-18-6-8-19(33-4)9-7-18)16(2)22-27-21-13-17(25)5-10-20(21)23(31)28(22)3/h5-10,13,15-16H,11-12,14H2,1-4H3,(H,26,32). The Hall–Kier alpha value is -2.55. The van der Waals surface area contributed by atoms with Crippen LogP contribution in [0.3, 0.4) is 0 Å². The van der Waals surface area contributed by atoms with Crippen LogP contribution in [0.25, 0.3) is 10.9 Å². The molecule has 2 amide bonds. The molecule has 2 atom stereocenters. The fourth-order valence-corrected chi connectivity index (χ4v) is 4.88. The zero-order valence-electron chi connectivity index (χ0n) is 19.2. The molecule has 0 aliphatic carbocycles. The van der Waals surface area contributed by atoms with Gasteiger partial charge >= 0.3 is 6.03 Å².